The number of hydrogen-bond acceptors (Lipinski definition) is 3. The number of nitrogens with one attached hydrogen (secondary N) is 1. The van der Waals surface area contributed by atoms with Crippen LogP contribution >= 0.6 is 11.6 Å². The maximum Gasteiger partial charge on any atom is 0.258 e. The minimum Gasteiger partial charge on any atom is -0.350 e. The molecule has 0 radical (unpaired) electrons. The molecule has 37 heavy (non-hydrogen) atoms. The maximum absolute atomic E-state index is 13.6. The molecule has 1 aliphatic heterocycles. The van der Waals surface area contributed by atoms with E-state index in [0.717, 1.165) is 22.0 Å². The van der Waals surface area contributed by atoms with Gasteiger partial charge in [0.05, 0.1) is 5.69 Å². The molecule has 1 atom stereocenters. The van der Waals surface area contributed by atoms with Crippen molar-refractivity contribution in [2.24, 2.45) is 0 Å². The van der Waals surface area contributed by atoms with Crippen molar-refractivity contribution in [2.45, 2.75) is 65.1 Å². The largest absolute Gasteiger partial charge is 0.350 e. The summed E-state index contributed by atoms with van der Waals surface area (Å²) in [6.45, 7) is 8.42. The molecule has 0 unspecified atom stereocenters. The van der Waals surface area contributed by atoms with Crippen LogP contribution in [-0.4, -0.2) is 40.7 Å². The van der Waals surface area contributed by atoms with Crippen LogP contribution in [0.2, 0.25) is 5.02 Å². The molecule has 6 nitrogen and oxygen atoms in total. The SMILES string of the molecule is CC[C@@H](C(=O)NC(C)(C)C)N(Cc1ccc(Cl)cc1)C(=O)CCCN1C(=O)c2cccc3cccc1c23. The minimum atomic E-state index is -0.603. The van der Waals surface area contributed by atoms with E-state index in [1.54, 1.807) is 21.9 Å². The van der Waals surface area contributed by atoms with Crippen molar-refractivity contribution < 1.29 is 14.4 Å². The third-order valence-electron chi connectivity index (χ3n) is 6.57. The molecular formula is C30H34ClN3O3. The Bertz CT molecular complexity index is 1310. The summed E-state index contributed by atoms with van der Waals surface area (Å²) in [6.07, 6.45) is 1.20. The van der Waals surface area contributed by atoms with Gasteiger partial charge in [-0.1, -0.05) is 54.9 Å². The Morgan fingerprint density at radius 3 is 2.35 bits per heavy atom. The first-order chi connectivity index (χ1) is 17.6. The van der Waals surface area contributed by atoms with Gasteiger partial charge in [0.1, 0.15) is 6.04 Å². The Balaban J connectivity index is 1.49. The fourth-order valence-corrected chi connectivity index (χ4v) is 5.02. The summed E-state index contributed by atoms with van der Waals surface area (Å²) < 4.78 is 0. The van der Waals surface area contributed by atoms with Crippen LogP contribution in [0.5, 0.6) is 0 Å². The molecule has 7 heteroatoms. The molecule has 194 valence electrons. The second kappa shape index (κ2) is 10.9. The quantitative estimate of drug-likeness (QED) is 0.379. The summed E-state index contributed by atoms with van der Waals surface area (Å²) in [4.78, 5) is 43.2. The van der Waals surface area contributed by atoms with Crippen LogP contribution in [0, 0.1) is 0 Å². The molecular weight excluding hydrogens is 486 g/mol. The minimum absolute atomic E-state index is 0.0340. The highest BCUT2D eigenvalue weighted by molar-refractivity contribution is 6.30. The molecule has 1 heterocycles. The van der Waals surface area contributed by atoms with E-state index >= 15 is 0 Å². The Labute approximate surface area is 223 Å². The lowest BCUT2D eigenvalue weighted by atomic mass is 10.0. The molecule has 3 amide bonds. The van der Waals surface area contributed by atoms with Gasteiger partial charge in [-0.05, 0) is 68.8 Å². The zero-order chi connectivity index (χ0) is 26.7. The van der Waals surface area contributed by atoms with Crippen LogP contribution in [0.3, 0.4) is 0 Å². The predicted octanol–water partition coefficient (Wildman–Crippen LogP) is 5.96. The lowest BCUT2D eigenvalue weighted by Crippen LogP contribution is -2.53. The van der Waals surface area contributed by atoms with Crippen LogP contribution in [0.1, 0.15) is 62.9 Å². The van der Waals surface area contributed by atoms with Crippen molar-refractivity contribution in [3.8, 4) is 0 Å². The van der Waals surface area contributed by atoms with Gasteiger partial charge in [-0.25, -0.2) is 0 Å². The molecule has 0 aromatic heterocycles. The number of carbonyl (C=O) groups is 3. The number of benzene rings is 3. The molecule has 0 fully saturated rings. The number of amides is 3. The second-order valence-electron chi connectivity index (χ2n) is 10.6. The number of hydrogen-bond donors (Lipinski definition) is 1. The summed E-state index contributed by atoms with van der Waals surface area (Å²) in [5.41, 5.74) is 2.08. The van der Waals surface area contributed by atoms with E-state index in [1.165, 1.54) is 0 Å². The van der Waals surface area contributed by atoms with E-state index in [-0.39, 0.29) is 24.1 Å². The van der Waals surface area contributed by atoms with Gasteiger partial charge in [-0.15, -0.1) is 0 Å². The van der Waals surface area contributed by atoms with Crippen LogP contribution in [0.4, 0.5) is 5.69 Å². The monoisotopic (exact) mass is 519 g/mol. The summed E-state index contributed by atoms with van der Waals surface area (Å²) in [5, 5.41) is 5.64. The van der Waals surface area contributed by atoms with E-state index < -0.39 is 11.6 Å². The van der Waals surface area contributed by atoms with Crippen molar-refractivity contribution in [3.63, 3.8) is 0 Å². The van der Waals surface area contributed by atoms with Gasteiger partial charge in [-0.2, -0.15) is 0 Å². The second-order valence-corrected chi connectivity index (χ2v) is 11.0. The molecule has 1 N–H and O–H groups in total. The van der Waals surface area contributed by atoms with Crippen LogP contribution < -0.4 is 10.2 Å². The maximum atomic E-state index is 13.6. The smallest absolute Gasteiger partial charge is 0.258 e. The fraction of sp³-hybridized carbons (Fsp3) is 0.367. The molecule has 0 aliphatic carbocycles. The van der Waals surface area contributed by atoms with Gasteiger partial charge >= 0.3 is 0 Å². The molecule has 4 rings (SSSR count). The third kappa shape index (κ3) is 5.96. The molecule has 0 bridgehead atoms. The van der Waals surface area contributed by atoms with Gasteiger partial charge in [0.25, 0.3) is 5.91 Å². The zero-order valence-electron chi connectivity index (χ0n) is 21.9. The highest BCUT2D eigenvalue weighted by Gasteiger charge is 2.32. The summed E-state index contributed by atoms with van der Waals surface area (Å²) in [7, 11) is 0. The van der Waals surface area contributed by atoms with Crippen LogP contribution in [-0.2, 0) is 16.1 Å². The standard InChI is InChI=1S/C30H34ClN3O3/c1-5-24(28(36)32-30(2,3)4)34(19-20-14-16-22(31)17-15-20)26(35)13-8-18-33-25-12-7-10-21-9-6-11-23(27(21)25)29(33)37/h6-7,9-12,14-17,24H,5,8,13,18-19H2,1-4H3,(H,32,36)/t24-/m0/s1. The number of anilines is 1. The van der Waals surface area contributed by atoms with Crippen molar-refractivity contribution >= 4 is 45.8 Å². The predicted molar refractivity (Wildman–Crippen MR) is 149 cm³/mol. The fourth-order valence-electron chi connectivity index (χ4n) is 4.89. The van der Waals surface area contributed by atoms with E-state index in [0.29, 0.717) is 36.5 Å². The molecule has 3 aromatic carbocycles. The zero-order valence-corrected chi connectivity index (χ0v) is 22.6. The van der Waals surface area contributed by atoms with Crippen LogP contribution in [0.25, 0.3) is 10.8 Å². The number of halogens is 1. The van der Waals surface area contributed by atoms with Crippen LogP contribution in [0.15, 0.2) is 60.7 Å². The average Bonchev–Trinajstić information content (AvgIpc) is 3.12. The average molecular weight is 520 g/mol. The number of nitrogens with zero attached hydrogens (tertiary/aromatic N) is 2. The third-order valence-corrected chi connectivity index (χ3v) is 6.82. The highest BCUT2D eigenvalue weighted by atomic mass is 35.5. The van der Waals surface area contributed by atoms with Crippen molar-refractivity contribution in [1.29, 1.82) is 0 Å². The topological polar surface area (TPSA) is 69.7 Å². The Morgan fingerprint density at radius 1 is 1.03 bits per heavy atom. The Morgan fingerprint density at radius 2 is 1.70 bits per heavy atom. The van der Waals surface area contributed by atoms with E-state index in [4.69, 9.17) is 11.6 Å². The lowest BCUT2D eigenvalue weighted by Gasteiger charge is -2.33. The van der Waals surface area contributed by atoms with Crippen molar-refractivity contribution in [3.05, 3.63) is 76.8 Å². The van der Waals surface area contributed by atoms with E-state index in [1.807, 2.05) is 76.2 Å². The molecule has 0 saturated carbocycles. The molecule has 0 spiro atoms. The van der Waals surface area contributed by atoms with Gasteiger partial charge < -0.3 is 15.1 Å². The van der Waals surface area contributed by atoms with Gasteiger partial charge in [0.2, 0.25) is 11.8 Å². The summed E-state index contributed by atoms with van der Waals surface area (Å²) >= 11 is 6.05. The Kier molecular flexibility index (Phi) is 7.88. The normalized spacial score (nSPS) is 13.6. The first-order valence-electron chi connectivity index (χ1n) is 12.8. The van der Waals surface area contributed by atoms with Crippen molar-refractivity contribution in [1.82, 2.24) is 10.2 Å². The van der Waals surface area contributed by atoms with Crippen molar-refractivity contribution in [2.75, 3.05) is 11.4 Å². The molecule has 3 aromatic rings. The lowest BCUT2D eigenvalue weighted by molar-refractivity contribution is -0.142. The number of rotatable bonds is 9. The molecule has 1 aliphatic rings. The highest BCUT2D eigenvalue weighted by Crippen LogP contribution is 2.37. The van der Waals surface area contributed by atoms with Gasteiger partial charge in [0.15, 0.2) is 0 Å². The van der Waals surface area contributed by atoms with E-state index in [9.17, 15) is 14.4 Å². The first kappa shape index (κ1) is 26.7. The summed E-state index contributed by atoms with van der Waals surface area (Å²) in [5.74, 6) is -0.323. The number of carbonyl (C=O) groups excluding carboxylic acids is 3. The first-order valence-corrected chi connectivity index (χ1v) is 13.2. The Hall–Kier alpha value is -3.38. The van der Waals surface area contributed by atoms with E-state index in [2.05, 4.69) is 5.32 Å². The molecule has 0 saturated heterocycles. The summed E-state index contributed by atoms with van der Waals surface area (Å²) in [6, 6.07) is 18.4. The van der Waals surface area contributed by atoms with Gasteiger partial charge in [-0.3, -0.25) is 14.4 Å². The van der Waals surface area contributed by atoms with Gasteiger partial charge in [0, 0.05) is 41.0 Å².